The summed E-state index contributed by atoms with van der Waals surface area (Å²) in [4.78, 5) is 28.9. The highest BCUT2D eigenvalue weighted by molar-refractivity contribution is 9.10. The summed E-state index contributed by atoms with van der Waals surface area (Å²) in [6, 6.07) is 15.7. The Bertz CT molecular complexity index is 931. The first-order chi connectivity index (χ1) is 17.5. The predicted molar refractivity (Wildman–Crippen MR) is 154 cm³/mol. The summed E-state index contributed by atoms with van der Waals surface area (Å²) in [5, 5.41) is 5.93. The maximum atomic E-state index is 12.0. The summed E-state index contributed by atoms with van der Waals surface area (Å²) in [5.41, 5.74) is 2.00. The van der Waals surface area contributed by atoms with Crippen molar-refractivity contribution in [3.63, 3.8) is 0 Å². The molecule has 1 fully saturated rings. The fraction of sp³-hybridized carbons (Fsp3) is 0.357. The van der Waals surface area contributed by atoms with E-state index < -0.39 is 0 Å². The molecule has 0 bridgehead atoms. The van der Waals surface area contributed by atoms with Crippen LogP contribution >= 0.6 is 31.9 Å². The number of piperazine rings is 1. The predicted octanol–water partition coefficient (Wildman–Crippen LogP) is 4.57. The highest BCUT2D eigenvalue weighted by Crippen LogP contribution is 2.12. The number of nitrogens with one attached hydrogen (secondary N) is 2. The Labute approximate surface area is 231 Å². The first kappa shape index (κ1) is 28.3. The fourth-order valence-corrected chi connectivity index (χ4v) is 4.40. The quantitative estimate of drug-likeness (QED) is 0.271. The molecule has 0 unspecified atom stereocenters. The van der Waals surface area contributed by atoms with E-state index in [0.29, 0.717) is 13.1 Å². The zero-order valence-electron chi connectivity index (χ0n) is 20.5. The highest BCUT2D eigenvalue weighted by Gasteiger charge is 2.15. The normalized spacial score (nSPS) is 14.9. The van der Waals surface area contributed by atoms with Crippen LogP contribution in [0.1, 0.15) is 24.0 Å². The van der Waals surface area contributed by atoms with Crippen molar-refractivity contribution in [3.8, 4) is 0 Å². The van der Waals surface area contributed by atoms with Gasteiger partial charge < -0.3 is 20.4 Å². The van der Waals surface area contributed by atoms with E-state index in [0.717, 1.165) is 72.2 Å². The Morgan fingerprint density at radius 1 is 0.667 bits per heavy atom. The standard InChI is InChI=1S/C28H34Br2N4O2/c29-25-9-3-23(4-10-25)7-13-27(35)31-15-1-17-33-19-21-34(22-20-33)18-2-16-32-28(36)14-8-24-5-11-26(30)12-6-24/h3-14H,1-2,15-22H2,(H,31,35)(H,32,36)/b13-7+,14-8+. The van der Waals surface area contributed by atoms with E-state index >= 15 is 0 Å². The third-order valence-electron chi connectivity index (χ3n) is 5.96. The van der Waals surface area contributed by atoms with Gasteiger partial charge in [0.2, 0.25) is 11.8 Å². The molecule has 2 aromatic rings. The molecule has 0 aromatic heterocycles. The topological polar surface area (TPSA) is 64.7 Å². The van der Waals surface area contributed by atoms with E-state index in [1.54, 1.807) is 12.2 Å². The van der Waals surface area contributed by atoms with Crippen LogP contribution in [0.15, 0.2) is 69.6 Å². The number of rotatable bonds is 12. The number of halogens is 2. The largest absolute Gasteiger partial charge is 0.353 e. The van der Waals surface area contributed by atoms with Gasteiger partial charge in [-0.2, -0.15) is 0 Å². The minimum absolute atomic E-state index is 0.0568. The van der Waals surface area contributed by atoms with Gasteiger partial charge in [-0.3, -0.25) is 9.59 Å². The molecule has 192 valence electrons. The van der Waals surface area contributed by atoms with Crippen LogP contribution in [-0.2, 0) is 9.59 Å². The summed E-state index contributed by atoms with van der Waals surface area (Å²) in [6.45, 7) is 7.51. The molecule has 2 N–H and O–H groups in total. The first-order valence-electron chi connectivity index (χ1n) is 12.4. The molecule has 0 radical (unpaired) electrons. The van der Waals surface area contributed by atoms with Gasteiger partial charge in [-0.25, -0.2) is 0 Å². The van der Waals surface area contributed by atoms with Crippen LogP contribution in [0, 0.1) is 0 Å². The summed E-state index contributed by atoms with van der Waals surface area (Å²) in [5.74, 6) is -0.114. The maximum absolute atomic E-state index is 12.0. The number of carbonyl (C=O) groups excluding carboxylic acids is 2. The monoisotopic (exact) mass is 616 g/mol. The molecule has 2 aromatic carbocycles. The van der Waals surface area contributed by atoms with Crippen molar-refractivity contribution >= 4 is 55.8 Å². The van der Waals surface area contributed by atoms with Crippen LogP contribution < -0.4 is 10.6 Å². The minimum Gasteiger partial charge on any atom is -0.353 e. The number of hydrogen-bond acceptors (Lipinski definition) is 4. The van der Waals surface area contributed by atoms with Crippen molar-refractivity contribution in [2.24, 2.45) is 0 Å². The summed E-state index contributed by atoms with van der Waals surface area (Å²) in [7, 11) is 0. The number of carbonyl (C=O) groups is 2. The molecule has 1 aliphatic rings. The first-order valence-corrected chi connectivity index (χ1v) is 13.9. The van der Waals surface area contributed by atoms with Crippen molar-refractivity contribution in [3.05, 3.63) is 80.8 Å². The molecule has 6 nitrogen and oxygen atoms in total. The van der Waals surface area contributed by atoms with Gasteiger partial charge in [0.25, 0.3) is 0 Å². The van der Waals surface area contributed by atoms with Gasteiger partial charge in [0.05, 0.1) is 0 Å². The van der Waals surface area contributed by atoms with Crippen LogP contribution in [0.2, 0.25) is 0 Å². The van der Waals surface area contributed by atoms with E-state index in [4.69, 9.17) is 0 Å². The Morgan fingerprint density at radius 2 is 1.03 bits per heavy atom. The van der Waals surface area contributed by atoms with E-state index in [9.17, 15) is 9.59 Å². The molecule has 1 aliphatic heterocycles. The van der Waals surface area contributed by atoms with Crippen molar-refractivity contribution in [2.75, 3.05) is 52.4 Å². The van der Waals surface area contributed by atoms with Gasteiger partial charge in [-0.05, 0) is 73.5 Å². The third kappa shape index (κ3) is 11.2. The number of hydrogen-bond donors (Lipinski definition) is 2. The number of benzene rings is 2. The van der Waals surface area contributed by atoms with Crippen molar-refractivity contribution in [2.45, 2.75) is 12.8 Å². The Hall–Kier alpha value is -2.26. The average Bonchev–Trinajstić information content (AvgIpc) is 2.89. The lowest BCUT2D eigenvalue weighted by molar-refractivity contribution is -0.117. The Morgan fingerprint density at radius 3 is 1.39 bits per heavy atom. The van der Waals surface area contributed by atoms with Gasteiger partial charge in [-0.1, -0.05) is 56.1 Å². The fourth-order valence-electron chi connectivity index (χ4n) is 3.87. The maximum Gasteiger partial charge on any atom is 0.243 e. The SMILES string of the molecule is O=C(/C=C/c1ccc(Br)cc1)NCCCN1CCN(CCCNC(=O)/C=C/c2ccc(Br)cc2)CC1. The van der Waals surface area contributed by atoms with Gasteiger partial charge in [0, 0.05) is 60.4 Å². The zero-order chi connectivity index (χ0) is 25.6. The molecule has 0 saturated carbocycles. The third-order valence-corrected chi connectivity index (χ3v) is 7.02. The number of nitrogens with zero attached hydrogens (tertiary/aromatic N) is 2. The second-order valence-corrected chi connectivity index (χ2v) is 10.6. The number of amides is 2. The van der Waals surface area contributed by atoms with E-state index in [-0.39, 0.29) is 11.8 Å². The van der Waals surface area contributed by atoms with E-state index in [1.165, 1.54) is 0 Å². The molecule has 0 aliphatic carbocycles. The van der Waals surface area contributed by atoms with Crippen LogP contribution in [0.4, 0.5) is 0 Å². The van der Waals surface area contributed by atoms with Gasteiger partial charge in [-0.15, -0.1) is 0 Å². The molecular formula is C28H34Br2N4O2. The molecule has 36 heavy (non-hydrogen) atoms. The van der Waals surface area contributed by atoms with Gasteiger partial charge >= 0.3 is 0 Å². The molecule has 0 atom stereocenters. The molecule has 3 rings (SSSR count). The molecule has 8 heteroatoms. The Kier molecular flexibility index (Phi) is 12.4. The molecule has 1 saturated heterocycles. The lowest BCUT2D eigenvalue weighted by Gasteiger charge is -2.34. The van der Waals surface area contributed by atoms with Crippen molar-refractivity contribution in [1.82, 2.24) is 20.4 Å². The van der Waals surface area contributed by atoms with Crippen LogP contribution in [0.5, 0.6) is 0 Å². The van der Waals surface area contributed by atoms with Crippen molar-refractivity contribution in [1.29, 1.82) is 0 Å². The summed E-state index contributed by atoms with van der Waals surface area (Å²) in [6.07, 6.45) is 8.71. The minimum atomic E-state index is -0.0568. The molecule has 0 spiro atoms. The second kappa shape index (κ2) is 15.8. The Balaban J connectivity index is 1.19. The summed E-state index contributed by atoms with van der Waals surface area (Å²) >= 11 is 6.82. The average molecular weight is 618 g/mol. The lowest BCUT2D eigenvalue weighted by atomic mass is 10.2. The van der Waals surface area contributed by atoms with Crippen LogP contribution in [0.25, 0.3) is 12.2 Å². The lowest BCUT2D eigenvalue weighted by Crippen LogP contribution is -2.47. The molecule has 1 heterocycles. The van der Waals surface area contributed by atoms with Crippen molar-refractivity contribution < 1.29 is 9.59 Å². The zero-order valence-corrected chi connectivity index (χ0v) is 23.6. The molecule has 2 amide bonds. The highest BCUT2D eigenvalue weighted by atomic mass is 79.9. The van der Waals surface area contributed by atoms with E-state index in [2.05, 4.69) is 52.3 Å². The second-order valence-electron chi connectivity index (χ2n) is 8.74. The van der Waals surface area contributed by atoms with Crippen LogP contribution in [-0.4, -0.2) is 74.0 Å². The van der Waals surface area contributed by atoms with Crippen LogP contribution in [0.3, 0.4) is 0 Å². The summed E-state index contributed by atoms with van der Waals surface area (Å²) < 4.78 is 2.05. The molecular weight excluding hydrogens is 584 g/mol. The van der Waals surface area contributed by atoms with Gasteiger partial charge in [0.15, 0.2) is 0 Å². The smallest absolute Gasteiger partial charge is 0.243 e. The van der Waals surface area contributed by atoms with E-state index in [1.807, 2.05) is 60.7 Å². The van der Waals surface area contributed by atoms with Gasteiger partial charge in [0.1, 0.15) is 0 Å².